The van der Waals surface area contributed by atoms with E-state index in [0.29, 0.717) is 6.54 Å². The van der Waals surface area contributed by atoms with Gasteiger partial charge in [0.1, 0.15) is 5.25 Å². The minimum atomic E-state index is -0.363. The summed E-state index contributed by atoms with van der Waals surface area (Å²) in [7, 11) is 0. The van der Waals surface area contributed by atoms with E-state index < -0.39 is 0 Å². The average Bonchev–Trinajstić information content (AvgIpc) is 3.34. The van der Waals surface area contributed by atoms with Gasteiger partial charge in [0, 0.05) is 13.2 Å². The number of hydrogen-bond donors (Lipinski definition) is 2. The third-order valence-electron chi connectivity index (χ3n) is 4.47. The number of nitrogens with one attached hydrogen (secondary N) is 2. The Morgan fingerprint density at radius 3 is 2.81 bits per heavy atom. The predicted molar refractivity (Wildman–Crippen MR) is 103 cm³/mol. The Morgan fingerprint density at radius 1 is 1.23 bits per heavy atom. The lowest BCUT2D eigenvalue weighted by Crippen LogP contribution is -2.34. The number of aromatic amines is 1. The van der Waals surface area contributed by atoms with Crippen LogP contribution in [0.3, 0.4) is 0 Å². The summed E-state index contributed by atoms with van der Waals surface area (Å²) in [5.74, 6) is -0.0165. The molecule has 0 saturated carbocycles. The molecule has 3 aromatic rings. The van der Waals surface area contributed by atoms with Crippen LogP contribution in [0.2, 0.25) is 0 Å². The number of carbonyl (C=O) groups is 1. The monoisotopic (exact) mass is 367 g/mol. The zero-order valence-electron chi connectivity index (χ0n) is 14.4. The number of aromatic nitrogens is 2. The normalized spacial score (nSPS) is 18.1. The van der Waals surface area contributed by atoms with Gasteiger partial charge in [-0.3, -0.25) is 4.79 Å². The molecule has 5 nitrogen and oxygen atoms in total. The topological polar surface area (TPSA) is 67.0 Å². The summed E-state index contributed by atoms with van der Waals surface area (Å²) >= 11 is 1.44. The van der Waals surface area contributed by atoms with Crippen LogP contribution in [-0.2, 0) is 9.53 Å². The molecule has 0 radical (unpaired) electrons. The van der Waals surface area contributed by atoms with Crippen LogP contribution >= 0.6 is 11.8 Å². The molecule has 26 heavy (non-hydrogen) atoms. The van der Waals surface area contributed by atoms with E-state index in [1.165, 1.54) is 11.8 Å². The minimum absolute atomic E-state index is 0.0165. The number of rotatable bonds is 6. The fraction of sp³-hybridized carbons (Fsp3) is 0.300. The van der Waals surface area contributed by atoms with Gasteiger partial charge in [0.05, 0.1) is 17.1 Å². The van der Waals surface area contributed by atoms with Crippen LogP contribution in [-0.4, -0.2) is 35.1 Å². The van der Waals surface area contributed by atoms with Gasteiger partial charge in [-0.1, -0.05) is 54.2 Å². The van der Waals surface area contributed by atoms with Crippen molar-refractivity contribution in [2.45, 2.75) is 29.4 Å². The standard InChI is InChI=1S/C20H21N3O2S/c24-19(21-13-15-9-6-12-25-15)18(14-7-2-1-3-8-14)26-20-22-16-10-4-5-11-17(16)23-20/h1-5,7-8,10-11,15,18H,6,9,12-13H2,(H,21,24)(H,22,23)/t15-,18+/m0/s1. The second-order valence-electron chi connectivity index (χ2n) is 6.35. The van der Waals surface area contributed by atoms with Crippen molar-refractivity contribution in [3.05, 3.63) is 60.2 Å². The maximum atomic E-state index is 12.9. The van der Waals surface area contributed by atoms with Crippen molar-refractivity contribution < 1.29 is 9.53 Å². The number of imidazole rings is 1. The van der Waals surface area contributed by atoms with E-state index in [4.69, 9.17) is 4.74 Å². The highest BCUT2D eigenvalue weighted by Gasteiger charge is 2.25. The predicted octanol–water partition coefficient (Wildman–Crippen LogP) is 3.69. The van der Waals surface area contributed by atoms with Crippen molar-refractivity contribution in [3.8, 4) is 0 Å². The van der Waals surface area contributed by atoms with Crippen LogP contribution in [0.15, 0.2) is 59.8 Å². The molecular weight excluding hydrogens is 346 g/mol. The molecule has 1 aliphatic heterocycles. The molecule has 2 heterocycles. The summed E-state index contributed by atoms with van der Waals surface area (Å²) in [4.78, 5) is 20.8. The van der Waals surface area contributed by atoms with Gasteiger partial charge < -0.3 is 15.0 Å². The smallest absolute Gasteiger partial charge is 0.238 e. The number of ether oxygens (including phenoxy) is 1. The molecule has 2 aromatic carbocycles. The average molecular weight is 367 g/mol. The lowest BCUT2D eigenvalue weighted by Gasteiger charge is -2.17. The van der Waals surface area contributed by atoms with Crippen LogP contribution in [0.4, 0.5) is 0 Å². The zero-order valence-corrected chi connectivity index (χ0v) is 15.2. The Morgan fingerprint density at radius 2 is 2.04 bits per heavy atom. The third-order valence-corrected chi connectivity index (χ3v) is 5.60. The molecule has 0 bridgehead atoms. The van der Waals surface area contributed by atoms with Gasteiger partial charge in [-0.05, 0) is 30.5 Å². The SMILES string of the molecule is O=C(NC[C@@H]1CCCO1)[C@H](Sc1nc2ccccc2[nH]1)c1ccccc1. The Bertz CT molecular complexity index is 842. The van der Waals surface area contributed by atoms with E-state index in [9.17, 15) is 4.79 Å². The number of nitrogens with zero attached hydrogens (tertiary/aromatic N) is 1. The summed E-state index contributed by atoms with van der Waals surface area (Å²) in [6, 6.07) is 17.7. The van der Waals surface area contributed by atoms with Gasteiger partial charge in [-0.15, -0.1) is 0 Å². The van der Waals surface area contributed by atoms with Crippen LogP contribution in [0.25, 0.3) is 11.0 Å². The fourth-order valence-electron chi connectivity index (χ4n) is 3.11. The van der Waals surface area contributed by atoms with E-state index in [1.807, 2.05) is 54.6 Å². The summed E-state index contributed by atoms with van der Waals surface area (Å²) in [5, 5.41) is 3.43. The number of para-hydroxylation sites is 2. The molecule has 1 saturated heterocycles. The molecule has 1 amide bonds. The largest absolute Gasteiger partial charge is 0.376 e. The van der Waals surface area contributed by atoms with Crippen molar-refractivity contribution in [3.63, 3.8) is 0 Å². The van der Waals surface area contributed by atoms with Gasteiger partial charge in [-0.2, -0.15) is 0 Å². The third kappa shape index (κ3) is 3.92. The van der Waals surface area contributed by atoms with Crippen LogP contribution in [0, 0.1) is 0 Å². The molecule has 0 spiro atoms. The van der Waals surface area contributed by atoms with Gasteiger partial charge in [-0.25, -0.2) is 4.98 Å². The summed E-state index contributed by atoms with van der Waals surface area (Å²) in [5.41, 5.74) is 2.84. The minimum Gasteiger partial charge on any atom is -0.376 e. The van der Waals surface area contributed by atoms with Crippen LogP contribution in [0.1, 0.15) is 23.7 Å². The summed E-state index contributed by atoms with van der Waals surface area (Å²) in [6.45, 7) is 1.35. The quantitative estimate of drug-likeness (QED) is 0.652. The number of H-pyrrole nitrogens is 1. The molecule has 1 aromatic heterocycles. The molecule has 0 unspecified atom stereocenters. The summed E-state index contributed by atoms with van der Waals surface area (Å²) in [6.07, 6.45) is 2.20. The highest BCUT2D eigenvalue weighted by Crippen LogP contribution is 2.34. The molecule has 4 rings (SSSR count). The van der Waals surface area contributed by atoms with Crippen LogP contribution in [0.5, 0.6) is 0 Å². The molecule has 2 atom stereocenters. The van der Waals surface area contributed by atoms with E-state index in [1.54, 1.807) is 0 Å². The van der Waals surface area contributed by atoms with Crippen molar-refractivity contribution in [1.29, 1.82) is 0 Å². The van der Waals surface area contributed by atoms with Crippen molar-refractivity contribution in [1.82, 2.24) is 15.3 Å². The number of carbonyl (C=O) groups excluding carboxylic acids is 1. The lowest BCUT2D eigenvalue weighted by atomic mass is 10.1. The Hall–Kier alpha value is -2.31. The number of fused-ring (bicyclic) bond motifs is 1. The molecule has 134 valence electrons. The second-order valence-corrected chi connectivity index (χ2v) is 7.44. The number of benzene rings is 2. The maximum absolute atomic E-state index is 12.9. The first-order chi connectivity index (χ1) is 12.8. The number of hydrogen-bond acceptors (Lipinski definition) is 4. The molecule has 6 heteroatoms. The van der Waals surface area contributed by atoms with Crippen molar-refractivity contribution >= 4 is 28.7 Å². The molecule has 1 fully saturated rings. The van der Waals surface area contributed by atoms with Gasteiger partial charge in [0.15, 0.2) is 5.16 Å². The maximum Gasteiger partial charge on any atom is 0.238 e. The molecule has 1 aliphatic rings. The first-order valence-corrected chi connectivity index (χ1v) is 9.73. The highest BCUT2D eigenvalue weighted by molar-refractivity contribution is 8.00. The van der Waals surface area contributed by atoms with E-state index in [-0.39, 0.29) is 17.3 Å². The van der Waals surface area contributed by atoms with Gasteiger partial charge >= 0.3 is 0 Å². The van der Waals surface area contributed by atoms with Gasteiger partial charge in [0.25, 0.3) is 0 Å². The first-order valence-electron chi connectivity index (χ1n) is 8.85. The lowest BCUT2D eigenvalue weighted by molar-refractivity contribution is -0.121. The van der Waals surface area contributed by atoms with Crippen molar-refractivity contribution in [2.75, 3.05) is 13.2 Å². The Labute approximate surface area is 156 Å². The van der Waals surface area contributed by atoms with Gasteiger partial charge in [0.2, 0.25) is 5.91 Å². The number of thioether (sulfide) groups is 1. The highest BCUT2D eigenvalue weighted by atomic mass is 32.2. The summed E-state index contributed by atoms with van der Waals surface area (Å²) < 4.78 is 5.61. The van der Waals surface area contributed by atoms with E-state index in [2.05, 4.69) is 15.3 Å². The second kappa shape index (κ2) is 7.93. The van der Waals surface area contributed by atoms with Crippen LogP contribution < -0.4 is 5.32 Å². The Balaban J connectivity index is 1.53. The fourth-order valence-corrected chi connectivity index (χ4v) is 4.14. The number of amides is 1. The molecular formula is C20H21N3O2S. The first kappa shape index (κ1) is 17.1. The molecule has 0 aliphatic carbocycles. The molecule has 2 N–H and O–H groups in total. The van der Waals surface area contributed by atoms with E-state index in [0.717, 1.165) is 41.2 Å². The Kier molecular flexibility index (Phi) is 5.22. The zero-order chi connectivity index (χ0) is 17.8. The van der Waals surface area contributed by atoms with E-state index >= 15 is 0 Å². The van der Waals surface area contributed by atoms with Crippen molar-refractivity contribution in [2.24, 2.45) is 0 Å².